The monoisotopic (exact) mass is 327 g/mol. The zero-order valence-corrected chi connectivity index (χ0v) is 12.9. The number of aliphatic imine (C=N–C) groups is 1. The van der Waals surface area contributed by atoms with Crippen molar-refractivity contribution in [3.63, 3.8) is 0 Å². The van der Waals surface area contributed by atoms with E-state index in [2.05, 4.69) is 26.3 Å². The smallest absolute Gasteiger partial charge is 0.367 e. The van der Waals surface area contributed by atoms with E-state index in [1.807, 2.05) is 6.92 Å². The van der Waals surface area contributed by atoms with E-state index in [4.69, 9.17) is 6.42 Å². The number of hydrogen-bond acceptors (Lipinski definition) is 2. The first-order valence-corrected chi connectivity index (χ1v) is 7.12. The molecule has 23 heavy (non-hydrogen) atoms. The van der Waals surface area contributed by atoms with Crippen LogP contribution in [0.4, 0.5) is 13.2 Å². The molecule has 0 aliphatic heterocycles. The quantitative estimate of drug-likeness (QED) is 0.459. The van der Waals surface area contributed by atoms with E-state index in [9.17, 15) is 13.2 Å². The standard InChI is InChI=1S/C16H20F3N3O/c1-3-9-21-15(20-4-2)22-10-13-5-7-14(8-6-13)11-23-12-16(17,18)19/h1,5-8H,4,9-12H2,2H3,(H2,20,21,22). The molecule has 0 spiro atoms. The van der Waals surface area contributed by atoms with Gasteiger partial charge in [0.1, 0.15) is 6.61 Å². The first kappa shape index (κ1) is 18.8. The van der Waals surface area contributed by atoms with E-state index in [0.717, 1.165) is 5.56 Å². The van der Waals surface area contributed by atoms with Crippen LogP contribution in [0.15, 0.2) is 29.3 Å². The zero-order chi connectivity index (χ0) is 17.1. The molecule has 2 N–H and O–H groups in total. The Labute approximate surface area is 134 Å². The molecule has 0 atom stereocenters. The van der Waals surface area contributed by atoms with Gasteiger partial charge in [-0.25, -0.2) is 4.99 Å². The highest BCUT2D eigenvalue weighted by molar-refractivity contribution is 5.79. The maximum absolute atomic E-state index is 12.0. The molecule has 0 unspecified atom stereocenters. The fourth-order valence-corrected chi connectivity index (χ4v) is 1.67. The number of halogens is 3. The van der Waals surface area contributed by atoms with Gasteiger partial charge in [0, 0.05) is 6.54 Å². The van der Waals surface area contributed by atoms with Crippen LogP contribution in [-0.4, -0.2) is 31.8 Å². The Kier molecular flexibility index (Phi) is 7.98. The molecule has 1 aromatic carbocycles. The first-order chi connectivity index (χ1) is 10.9. The molecule has 0 aromatic heterocycles. The number of nitrogens with zero attached hydrogens (tertiary/aromatic N) is 1. The van der Waals surface area contributed by atoms with Crippen LogP contribution in [0.3, 0.4) is 0 Å². The Hall–Kier alpha value is -2.20. The molecule has 1 aromatic rings. The van der Waals surface area contributed by atoms with Crippen LogP contribution in [-0.2, 0) is 17.9 Å². The Balaban J connectivity index is 2.50. The summed E-state index contributed by atoms with van der Waals surface area (Å²) in [5.41, 5.74) is 1.61. The van der Waals surface area contributed by atoms with Crippen LogP contribution in [0.5, 0.6) is 0 Å². The van der Waals surface area contributed by atoms with Crippen molar-refractivity contribution in [1.82, 2.24) is 10.6 Å². The van der Waals surface area contributed by atoms with Gasteiger partial charge in [0.2, 0.25) is 0 Å². The highest BCUT2D eigenvalue weighted by atomic mass is 19.4. The summed E-state index contributed by atoms with van der Waals surface area (Å²) < 4.78 is 40.6. The minimum atomic E-state index is -4.30. The van der Waals surface area contributed by atoms with Gasteiger partial charge in [0.05, 0.1) is 19.7 Å². The van der Waals surface area contributed by atoms with E-state index < -0.39 is 12.8 Å². The number of rotatable bonds is 7. The third-order valence-electron chi connectivity index (χ3n) is 2.68. The summed E-state index contributed by atoms with van der Waals surface area (Å²) in [5, 5.41) is 6.03. The van der Waals surface area contributed by atoms with E-state index in [0.29, 0.717) is 31.2 Å². The lowest BCUT2D eigenvalue weighted by Crippen LogP contribution is -2.37. The van der Waals surface area contributed by atoms with E-state index in [1.165, 1.54) is 0 Å². The summed E-state index contributed by atoms with van der Waals surface area (Å²) in [5.74, 6) is 3.08. The minimum absolute atomic E-state index is 0.0740. The fraction of sp³-hybridized carbons (Fsp3) is 0.438. The molecule has 0 heterocycles. The number of nitrogens with one attached hydrogen (secondary N) is 2. The number of ether oxygens (including phenoxy) is 1. The van der Waals surface area contributed by atoms with Crippen LogP contribution in [0.2, 0.25) is 0 Å². The summed E-state index contributed by atoms with van der Waals surface area (Å²) in [4.78, 5) is 4.36. The third kappa shape index (κ3) is 8.73. The Bertz CT molecular complexity index is 533. The molecule has 0 fully saturated rings. The van der Waals surface area contributed by atoms with Crippen molar-refractivity contribution < 1.29 is 17.9 Å². The minimum Gasteiger partial charge on any atom is -0.367 e. The molecular formula is C16H20F3N3O. The molecule has 1 rings (SSSR count). The van der Waals surface area contributed by atoms with E-state index in [1.54, 1.807) is 24.3 Å². The van der Waals surface area contributed by atoms with Crippen LogP contribution < -0.4 is 10.6 Å². The number of benzene rings is 1. The average molecular weight is 327 g/mol. The summed E-state index contributed by atoms with van der Waals surface area (Å²) in [6.07, 6.45) is 0.883. The van der Waals surface area contributed by atoms with Gasteiger partial charge in [0.25, 0.3) is 0 Å². The van der Waals surface area contributed by atoms with Crippen molar-refractivity contribution in [3.8, 4) is 12.3 Å². The maximum Gasteiger partial charge on any atom is 0.411 e. The second kappa shape index (κ2) is 9.74. The van der Waals surface area contributed by atoms with Crippen LogP contribution in [0.25, 0.3) is 0 Å². The van der Waals surface area contributed by atoms with Crippen molar-refractivity contribution in [2.24, 2.45) is 4.99 Å². The molecule has 7 heteroatoms. The Morgan fingerprint density at radius 3 is 2.43 bits per heavy atom. The van der Waals surface area contributed by atoms with Gasteiger partial charge in [-0.15, -0.1) is 6.42 Å². The topological polar surface area (TPSA) is 45.7 Å². The lowest BCUT2D eigenvalue weighted by Gasteiger charge is -2.09. The fourth-order valence-electron chi connectivity index (χ4n) is 1.67. The lowest BCUT2D eigenvalue weighted by molar-refractivity contribution is -0.176. The Morgan fingerprint density at radius 2 is 1.87 bits per heavy atom. The molecule has 0 amide bonds. The predicted octanol–water partition coefficient (Wildman–Crippen LogP) is 2.45. The number of alkyl halides is 3. The van der Waals surface area contributed by atoms with E-state index in [-0.39, 0.29) is 6.61 Å². The normalized spacial score (nSPS) is 11.9. The average Bonchev–Trinajstić information content (AvgIpc) is 2.50. The van der Waals surface area contributed by atoms with Crippen molar-refractivity contribution in [2.45, 2.75) is 26.3 Å². The third-order valence-corrected chi connectivity index (χ3v) is 2.68. The van der Waals surface area contributed by atoms with Gasteiger partial charge in [-0.1, -0.05) is 30.2 Å². The van der Waals surface area contributed by atoms with Gasteiger partial charge in [0.15, 0.2) is 5.96 Å². The van der Waals surface area contributed by atoms with E-state index >= 15 is 0 Å². The summed E-state index contributed by atoms with van der Waals surface area (Å²) >= 11 is 0. The first-order valence-electron chi connectivity index (χ1n) is 7.12. The molecule has 0 aliphatic rings. The van der Waals surface area contributed by atoms with Gasteiger partial charge < -0.3 is 15.4 Å². The van der Waals surface area contributed by atoms with Crippen molar-refractivity contribution >= 4 is 5.96 Å². The van der Waals surface area contributed by atoms with Crippen molar-refractivity contribution in [2.75, 3.05) is 19.7 Å². The Morgan fingerprint density at radius 1 is 1.22 bits per heavy atom. The van der Waals surface area contributed by atoms with Gasteiger partial charge in [-0.2, -0.15) is 13.2 Å². The van der Waals surface area contributed by atoms with Crippen LogP contribution in [0.1, 0.15) is 18.1 Å². The highest BCUT2D eigenvalue weighted by Gasteiger charge is 2.27. The molecule has 126 valence electrons. The van der Waals surface area contributed by atoms with Crippen LogP contribution >= 0.6 is 0 Å². The SMILES string of the molecule is C#CCNC(=NCc1ccc(COCC(F)(F)F)cc1)NCC. The molecular weight excluding hydrogens is 307 g/mol. The van der Waals surface area contributed by atoms with Gasteiger partial charge in [-0.3, -0.25) is 0 Å². The number of hydrogen-bond donors (Lipinski definition) is 2. The second-order valence-corrected chi connectivity index (χ2v) is 4.68. The molecule has 0 radical (unpaired) electrons. The van der Waals surface area contributed by atoms with Crippen LogP contribution in [0, 0.1) is 12.3 Å². The predicted molar refractivity (Wildman–Crippen MR) is 83.8 cm³/mol. The van der Waals surface area contributed by atoms with Crippen molar-refractivity contribution in [1.29, 1.82) is 0 Å². The number of terminal acetylenes is 1. The van der Waals surface area contributed by atoms with Crippen molar-refractivity contribution in [3.05, 3.63) is 35.4 Å². The molecule has 0 saturated carbocycles. The highest BCUT2D eigenvalue weighted by Crippen LogP contribution is 2.15. The summed E-state index contributed by atoms with van der Waals surface area (Å²) in [6, 6.07) is 7.06. The molecule has 0 aliphatic carbocycles. The zero-order valence-electron chi connectivity index (χ0n) is 12.9. The maximum atomic E-state index is 12.0. The summed E-state index contributed by atoms with van der Waals surface area (Å²) in [7, 11) is 0. The summed E-state index contributed by atoms with van der Waals surface area (Å²) in [6.45, 7) is 2.15. The van der Waals surface area contributed by atoms with Gasteiger partial charge in [-0.05, 0) is 18.1 Å². The second-order valence-electron chi connectivity index (χ2n) is 4.68. The largest absolute Gasteiger partial charge is 0.411 e. The van der Waals surface area contributed by atoms with Gasteiger partial charge >= 0.3 is 6.18 Å². The molecule has 4 nitrogen and oxygen atoms in total. The lowest BCUT2D eigenvalue weighted by atomic mass is 10.1. The number of guanidine groups is 1. The molecule has 0 saturated heterocycles. The molecule has 0 bridgehead atoms.